The van der Waals surface area contributed by atoms with E-state index in [2.05, 4.69) is 53.6 Å². The molecule has 86 valence electrons. The van der Waals surface area contributed by atoms with E-state index >= 15 is 0 Å². The standard InChI is InChI=1S/C13H29N/c1-8-9-11(4)13(10(2)3)12(5)14(6)7/h10-13H,8-9H2,1-7H3. The molecule has 1 nitrogen and oxygen atoms in total. The summed E-state index contributed by atoms with van der Waals surface area (Å²) in [6, 6.07) is 0.691. The second-order valence-corrected chi connectivity index (χ2v) is 5.29. The molecule has 14 heavy (non-hydrogen) atoms. The molecule has 0 N–H and O–H groups in total. The van der Waals surface area contributed by atoms with Crippen molar-refractivity contribution in [2.45, 2.75) is 53.5 Å². The van der Waals surface area contributed by atoms with Crippen molar-refractivity contribution >= 4 is 0 Å². The van der Waals surface area contributed by atoms with Crippen LogP contribution in [0.25, 0.3) is 0 Å². The van der Waals surface area contributed by atoms with Gasteiger partial charge >= 0.3 is 0 Å². The van der Waals surface area contributed by atoms with Crippen molar-refractivity contribution in [1.82, 2.24) is 4.90 Å². The van der Waals surface area contributed by atoms with Crippen LogP contribution in [-0.2, 0) is 0 Å². The molecule has 0 aromatic carbocycles. The average molecular weight is 199 g/mol. The number of rotatable bonds is 6. The van der Waals surface area contributed by atoms with Crippen molar-refractivity contribution in [2.75, 3.05) is 14.1 Å². The molecule has 3 unspecified atom stereocenters. The Bertz CT molecular complexity index is 140. The Balaban J connectivity index is 4.42. The molecule has 0 fully saturated rings. The summed E-state index contributed by atoms with van der Waals surface area (Å²) in [5, 5.41) is 0. The van der Waals surface area contributed by atoms with Gasteiger partial charge in [-0.2, -0.15) is 0 Å². The minimum Gasteiger partial charge on any atom is -0.306 e. The normalized spacial score (nSPS) is 18.6. The highest BCUT2D eigenvalue weighted by Crippen LogP contribution is 2.29. The fraction of sp³-hybridized carbons (Fsp3) is 1.00. The van der Waals surface area contributed by atoms with Gasteiger partial charge in [0.25, 0.3) is 0 Å². The topological polar surface area (TPSA) is 3.24 Å². The van der Waals surface area contributed by atoms with Crippen molar-refractivity contribution in [3.8, 4) is 0 Å². The van der Waals surface area contributed by atoms with Gasteiger partial charge < -0.3 is 4.90 Å². The molecule has 0 aliphatic rings. The second kappa shape index (κ2) is 6.44. The van der Waals surface area contributed by atoms with E-state index in [1.807, 2.05) is 0 Å². The summed E-state index contributed by atoms with van der Waals surface area (Å²) < 4.78 is 0. The smallest absolute Gasteiger partial charge is 0.00940 e. The first-order chi connectivity index (χ1) is 6.41. The highest BCUT2D eigenvalue weighted by Gasteiger charge is 2.27. The van der Waals surface area contributed by atoms with E-state index in [4.69, 9.17) is 0 Å². The molecule has 0 saturated carbocycles. The molecule has 3 atom stereocenters. The quantitative estimate of drug-likeness (QED) is 0.631. The Hall–Kier alpha value is -0.0400. The maximum atomic E-state index is 2.41. The van der Waals surface area contributed by atoms with Crippen LogP contribution in [0.5, 0.6) is 0 Å². The van der Waals surface area contributed by atoms with Crippen LogP contribution >= 0.6 is 0 Å². The summed E-state index contributed by atoms with van der Waals surface area (Å²) in [7, 11) is 4.39. The fourth-order valence-corrected chi connectivity index (χ4v) is 2.68. The van der Waals surface area contributed by atoms with E-state index in [0.29, 0.717) is 6.04 Å². The molecular weight excluding hydrogens is 170 g/mol. The van der Waals surface area contributed by atoms with Gasteiger partial charge in [-0.3, -0.25) is 0 Å². The van der Waals surface area contributed by atoms with Crippen LogP contribution < -0.4 is 0 Å². The first-order valence-electron chi connectivity index (χ1n) is 6.08. The van der Waals surface area contributed by atoms with Gasteiger partial charge in [-0.25, -0.2) is 0 Å². The Morgan fingerprint density at radius 2 is 1.50 bits per heavy atom. The van der Waals surface area contributed by atoms with Crippen molar-refractivity contribution in [2.24, 2.45) is 17.8 Å². The third kappa shape index (κ3) is 4.00. The van der Waals surface area contributed by atoms with E-state index in [0.717, 1.165) is 17.8 Å². The van der Waals surface area contributed by atoms with Crippen molar-refractivity contribution in [3.05, 3.63) is 0 Å². The van der Waals surface area contributed by atoms with E-state index in [1.165, 1.54) is 12.8 Å². The third-order valence-corrected chi connectivity index (χ3v) is 3.54. The van der Waals surface area contributed by atoms with Crippen LogP contribution in [0.4, 0.5) is 0 Å². The number of hydrogen-bond donors (Lipinski definition) is 0. The summed E-state index contributed by atoms with van der Waals surface area (Å²) in [6.45, 7) is 11.8. The summed E-state index contributed by atoms with van der Waals surface area (Å²) in [4.78, 5) is 2.36. The molecule has 0 bridgehead atoms. The van der Waals surface area contributed by atoms with Gasteiger partial charge in [-0.1, -0.05) is 40.5 Å². The maximum absolute atomic E-state index is 2.41. The first kappa shape index (κ1) is 14.0. The summed E-state index contributed by atoms with van der Waals surface area (Å²) in [6.07, 6.45) is 2.67. The van der Waals surface area contributed by atoms with Gasteiger partial charge in [-0.05, 0) is 38.8 Å². The van der Waals surface area contributed by atoms with Gasteiger partial charge in [0.15, 0.2) is 0 Å². The molecule has 0 rings (SSSR count). The summed E-state index contributed by atoms with van der Waals surface area (Å²) in [5.74, 6) is 2.45. The molecule has 0 saturated heterocycles. The van der Waals surface area contributed by atoms with Crippen LogP contribution in [0.3, 0.4) is 0 Å². The number of hydrogen-bond acceptors (Lipinski definition) is 1. The minimum atomic E-state index is 0.691. The van der Waals surface area contributed by atoms with Crippen molar-refractivity contribution < 1.29 is 0 Å². The van der Waals surface area contributed by atoms with Crippen LogP contribution in [0.2, 0.25) is 0 Å². The van der Waals surface area contributed by atoms with E-state index in [1.54, 1.807) is 0 Å². The third-order valence-electron chi connectivity index (χ3n) is 3.54. The molecule has 0 heterocycles. The summed E-state index contributed by atoms with van der Waals surface area (Å²) >= 11 is 0. The lowest BCUT2D eigenvalue weighted by atomic mass is 9.77. The van der Waals surface area contributed by atoms with Gasteiger partial charge in [0.2, 0.25) is 0 Å². The largest absolute Gasteiger partial charge is 0.306 e. The second-order valence-electron chi connectivity index (χ2n) is 5.29. The van der Waals surface area contributed by atoms with Crippen LogP contribution in [0.1, 0.15) is 47.5 Å². The van der Waals surface area contributed by atoms with Crippen LogP contribution in [-0.4, -0.2) is 25.0 Å². The monoisotopic (exact) mass is 199 g/mol. The van der Waals surface area contributed by atoms with Gasteiger partial charge in [0.05, 0.1) is 0 Å². The molecule has 1 heteroatoms. The predicted molar refractivity (Wildman–Crippen MR) is 65.5 cm³/mol. The lowest BCUT2D eigenvalue weighted by molar-refractivity contribution is 0.128. The molecule has 0 aliphatic heterocycles. The molecule has 0 spiro atoms. The predicted octanol–water partition coefficient (Wildman–Crippen LogP) is 3.64. The van der Waals surface area contributed by atoms with E-state index in [9.17, 15) is 0 Å². The SMILES string of the molecule is CCCC(C)C(C(C)C)C(C)N(C)C. The zero-order valence-electron chi connectivity index (χ0n) is 11.2. The molecular formula is C13H29N. The lowest BCUT2D eigenvalue weighted by Gasteiger charge is -2.36. The Kier molecular flexibility index (Phi) is 6.43. The van der Waals surface area contributed by atoms with Gasteiger partial charge in [0, 0.05) is 6.04 Å². The van der Waals surface area contributed by atoms with Crippen LogP contribution in [0, 0.1) is 17.8 Å². The van der Waals surface area contributed by atoms with Gasteiger partial charge in [-0.15, -0.1) is 0 Å². The zero-order valence-corrected chi connectivity index (χ0v) is 11.2. The Labute approximate surface area is 90.9 Å². The minimum absolute atomic E-state index is 0.691. The molecule has 0 aliphatic carbocycles. The average Bonchev–Trinajstić information content (AvgIpc) is 2.03. The van der Waals surface area contributed by atoms with Gasteiger partial charge in [0.1, 0.15) is 0 Å². The lowest BCUT2D eigenvalue weighted by Crippen LogP contribution is -2.38. The Morgan fingerprint density at radius 1 is 1.00 bits per heavy atom. The molecule has 0 radical (unpaired) electrons. The molecule has 0 aromatic rings. The van der Waals surface area contributed by atoms with E-state index in [-0.39, 0.29) is 0 Å². The maximum Gasteiger partial charge on any atom is 0.00940 e. The highest BCUT2D eigenvalue weighted by atomic mass is 15.1. The first-order valence-corrected chi connectivity index (χ1v) is 6.08. The fourth-order valence-electron chi connectivity index (χ4n) is 2.68. The van der Waals surface area contributed by atoms with Crippen LogP contribution in [0.15, 0.2) is 0 Å². The summed E-state index contributed by atoms with van der Waals surface area (Å²) in [5.41, 5.74) is 0. The Morgan fingerprint density at radius 3 is 1.79 bits per heavy atom. The molecule has 0 amide bonds. The van der Waals surface area contributed by atoms with Crippen molar-refractivity contribution in [1.29, 1.82) is 0 Å². The van der Waals surface area contributed by atoms with Crippen molar-refractivity contribution in [3.63, 3.8) is 0 Å². The molecule has 0 aromatic heterocycles. The highest BCUT2D eigenvalue weighted by molar-refractivity contribution is 4.79. The number of nitrogens with zero attached hydrogens (tertiary/aromatic N) is 1. The zero-order chi connectivity index (χ0) is 11.3. The van der Waals surface area contributed by atoms with E-state index < -0.39 is 0 Å².